The number of rotatable bonds is 11. The van der Waals surface area contributed by atoms with Gasteiger partial charge in [-0.1, -0.05) is 57.0 Å². The first-order valence-electron chi connectivity index (χ1n) is 11.0. The van der Waals surface area contributed by atoms with Crippen molar-refractivity contribution in [3.63, 3.8) is 0 Å². The Kier molecular flexibility index (Phi) is 10.5. The predicted octanol–water partition coefficient (Wildman–Crippen LogP) is 5.94. The first-order valence-corrected chi connectivity index (χ1v) is 12.1. The summed E-state index contributed by atoms with van der Waals surface area (Å²) >= 11 is 9.64. The molecule has 1 N–H and O–H groups in total. The second-order valence-electron chi connectivity index (χ2n) is 8.11. The van der Waals surface area contributed by atoms with E-state index in [-0.39, 0.29) is 25.0 Å². The standard InChI is InChI=1S/C25H32BrClN2O3/c1-5-6-12-28-25(31)18(4)29(15-19-8-7-9-21(27)13-19)24(30)16-32-23-11-10-20(17(2)3)14-22(23)26/h7-11,13-14,17-18H,5-6,12,15-16H2,1-4H3,(H,28,31). The van der Waals surface area contributed by atoms with E-state index in [4.69, 9.17) is 16.3 Å². The van der Waals surface area contributed by atoms with E-state index in [2.05, 4.69) is 42.0 Å². The van der Waals surface area contributed by atoms with Gasteiger partial charge in [-0.15, -0.1) is 0 Å². The molecule has 2 aromatic rings. The van der Waals surface area contributed by atoms with Crippen molar-refractivity contribution in [2.45, 2.75) is 59.0 Å². The molecule has 32 heavy (non-hydrogen) atoms. The van der Waals surface area contributed by atoms with E-state index in [1.807, 2.05) is 30.3 Å². The van der Waals surface area contributed by atoms with Crippen LogP contribution in [0.4, 0.5) is 0 Å². The Morgan fingerprint density at radius 3 is 2.53 bits per heavy atom. The minimum Gasteiger partial charge on any atom is -0.483 e. The van der Waals surface area contributed by atoms with Gasteiger partial charge in [0.05, 0.1) is 4.47 Å². The van der Waals surface area contributed by atoms with Crippen LogP contribution in [0.5, 0.6) is 5.75 Å². The number of hydrogen-bond acceptors (Lipinski definition) is 3. The molecule has 0 radical (unpaired) electrons. The lowest BCUT2D eigenvalue weighted by atomic mass is 10.0. The summed E-state index contributed by atoms with van der Waals surface area (Å²) in [6.45, 7) is 8.71. The summed E-state index contributed by atoms with van der Waals surface area (Å²) in [7, 11) is 0. The third kappa shape index (κ3) is 7.82. The van der Waals surface area contributed by atoms with Crippen LogP contribution < -0.4 is 10.1 Å². The van der Waals surface area contributed by atoms with E-state index < -0.39 is 6.04 Å². The topological polar surface area (TPSA) is 58.6 Å². The molecule has 0 aliphatic carbocycles. The zero-order valence-corrected chi connectivity index (χ0v) is 21.5. The van der Waals surface area contributed by atoms with Gasteiger partial charge >= 0.3 is 0 Å². The molecule has 0 bridgehead atoms. The average molecular weight is 524 g/mol. The number of halogens is 2. The Hall–Kier alpha value is -2.05. The first-order chi connectivity index (χ1) is 15.2. The zero-order valence-electron chi connectivity index (χ0n) is 19.2. The summed E-state index contributed by atoms with van der Waals surface area (Å²) in [6, 6.07) is 12.5. The number of ether oxygens (including phenoxy) is 1. The molecule has 0 fully saturated rings. The lowest BCUT2D eigenvalue weighted by Gasteiger charge is -2.29. The highest BCUT2D eigenvalue weighted by Gasteiger charge is 2.26. The maximum absolute atomic E-state index is 13.1. The van der Waals surface area contributed by atoms with Crippen LogP contribution in [0.15, 0.2) is 46.9 Å². The second kappa shape index (κ2) is 12.9. The fraction of sp³-hybridized carbons (Fsp3) is 0.440. The summed E-state index contributed by atoms with van der Waals surface area (Å²) in [4.78, 5) is 27.3. The van der Waals surface area contributed by atoms with Gasteiger partial charge in [0, 0.05) is 18.1 Å². The summed E-state index contributed by atoms with van der Waals surface area (Å²) in [5.74, 6) is 0.520. The molecule has 0 saturated carbocycles. The van der Waals surface area contributed by atoms with Crippen LogP contribution in [-0.4, -0.2) is 35.9 Å². The van der Waals surface area contributed by atoms with E-state index in [1.54, 1.807) is 19.1 Å². The van der Waals surface area contributed by atoms with E-state index in [0.717, 1.165) is 22.9 Å². The van der Waals surface area contributed by atoms with Gasteiger partial charge in [-0.3, -0.25) is 9.59 Å². The molecule has 0 spiro atoms. The molecule has 174 valence electrons. The average Bonchev–Trinajstić information content (AvgIpc) is 2.76. The monoisotopic (exact) mass is 522 g/mol. The summed E-state index contributed by atoms with van der Waals surface area (Å²) in [5.41, 5.74) is 2.03. The Balaban J connectivity index is 2.14. The molecule has 5 nitrogen and oxygen atoms in total. The molecular weight excluding hydrogens is 492 g/mol. The highest BCUT2D eigenvalue weighted by molar-refractivity contribution is 9.10. The molecule has 7 heteroatoms. The molecule has 0 saturated heterocycles. The Morgan fingerprint density at radius 2 is 1.91 bits per heavy atom. The molecule has 0 heterocycles. The number of nitrogens with zero attached hydrogens (tertiary/aromatic N) is 1. The Labute approximate surface area is 204 Å². The highest BCUT2D eigenvalue weighted by Crippen LogP contribution is 2.29. The van der Waals surface area contributed by atoms with Crippen LogP contribution in [0.1, 0.15) is 57.6 Å². The van der Waals surface area contributed by atoms with Crippen molar-refractivity contribution in [2.75, 3.05) is 13.2 Å². The van der Waals surface area contributed by atoms with Crippen molar-refractivity contribution in [1.29, 1.82) is 0 Å². The lowest BCUT2D eigenvalue weighted by Crippen LogP contribution is -2.49. The quantitative estimate of drug-likeness (QED) is 0.371. The molecule has 0 aliphatic heterocycles. The van der Waals surface area contributed by atoms with Gasteiger partial charge in [-0.2, -0.15) is 0 Å². The van der Waals surface area contributed by atoms with E-state index >= 15 is 0 Å². The SMILES string of the molecule is CCCCNC(=O)C(C)N(Cc1cccc(Cl)c1)C(=O)COc1ccc(C(C)C)cc1Br. The summed E-state index contributed by atoms with van der Waals surface area (Å²) in [6.07, 6.45) is 1.88. The number of unbranched alkanes of at least 4 members (excludes halogenated alkanes) is 1. The van der Waals surface area contributed by atoms with Crippen LogP contribution in [0.3, 0.4) is 0 Å². The third-order valence-electron chi connectivity index (χ3n) is 5.21. The van der Waals surface area contributed by atoms with E-state index in [9.17, 15) is 9.59 Å². The van der Waals surface area contributed by atoms with Gasteiger partial charge in [-0.25, -0.2) is 0 Å². The van der Waals surface area contributed by atoms with Crippen LogP contribution in [0, 0.1) is 0 Å². The van der Waals surface area contributed by atoms with Gasteiger partial charge in [0.2, 0.25) is 5.91 Å². The molecule has 2 amide bonds. The number of carbonyl (C=O) groups excluding carboxylic acids is 2. The smallest absolute Gasteiger partial charge is 0.261 e. The third-order valence-corrected chi connectivity index (χ3v) is 6.07. The first kappa shape index (κ1) is 26.2. The number of carbonyl (C=O) groups is 2. The molecule has 1 unspecified atom stereocenters. The van der Waals surface area contributed by atoms with Crippen molar-refractivity contribution in [2.24, 2.45) is 0 Å². The number of nitrogens with one attached hydrogen (secondary N) is 1. The molecule has 0 aliphatic rings. The predicted molar refractivity (Wildman–Crippen MR) is 133 cm³/mol. The number of amides is 2. The van der Waals surface area contributed by atoms with Crippen molar-refractivity contribution < 1.29 is 14.3 Å². The minimum atomic E-state index is -0.645. The van der Waals surface area contributed by atoms with Crippen molar-refractivity contribution >= 4 is 39.3 Å². The van der Waals surface area contributed by atoms with Crippen molar-refractivity contribution in [3.8, 4) is 5.75 Å². The summed E-state index contributed by atoms with van der Waals surface area (Å²) in [5, 5.41) is 3.49. The minimum absolute atomic E-state index is 0.174. The van der Waals surface area contributed by atoms with Crippen LogP contribution in [0.2, 0.25) is 5.02 Å². The normalized spacial score (nSPS) is 11.8. The second-order valence-corrected chi connectivity index (χ2v) is 9.40. The van der Waals surface area contributed by atoms with E-state index in [1.165, 1.54) is 10.5 Å². The fourth-order valence-electron chi connectivity index (χ4n) is 3.17. The largest absolute Gasteiger partial charge is 0.483 e. The molecule has 1 atom stereocenters. The fourth-order valence-corrected chi connectivity index (χ4v) is 3.89. The maximum Gasteiger partial charge on any atom is 0.261 e. The van der Waals surface area contributed by atoms with E-state index in [0.29, 0.717) is 23.2 Å². The summed E-state index contributed by atoms with van der Waals surface area (Å²) < 4.78 is 6.60. The van der Waals surface area contributed by atoms with Crippen molar-refractivity contribution in [1.82, 2.24) is 10.2 Å². The number of benzene rings is 2. The molecular formula is C25H32BrClN2O3. The van der Waals surface area contributed by atoms with Crippen molar-refractivity contribution in [3.05, 3.63) is 63.1 Å². The van der Waals surface area contributed by atoms with Crippen LogP contribution >= 0.6 is 27.5 Å². The molecule has 2 rings (SSSR count). The molecule has 2 aromatic carbocycles. The van der Waals surface area contributed by atoms with Gasteiger partial charge in [-0.05, 0) is 70.6 Å². The van der Waals surface area contributed by atoms with Gasteiger partial charge in [0.25, 0.3) is 5.91 Å². The lowest BCUT2D eigenvalue weighted by molar-refractivity contribution is -0.142. The Bertz CT molecular complexity index is 920. The van der Waals surface area contributed by atoms with Gasteiger partial charge in [0.15, 0.2) is 6.61 Å². The number of hydrogen-bond donors (Lipinski definition) is 1. The van der Waals surface area contributed by atoms with Crippen LogP contribution in [-0.2, 0) is 16.1 Å². The Morgan fingerprint density at radius 1 is 1.16 bits per heavy atom. The highest BCUT2D eigenvalue weighted by atomic mass is 79.9. The zero-order chi connectivity index (χ0) is 23.7. The maximum atomic E-state index is 13.1. The molecule has 0 aromatic heterocycles. The van der Waals surface area contributed by atoms with Crippen LogP contribution in [0.25, 0.3) is 0 Å². The van der Waals surface area contributed by atoms with Gasteiger partial charge < -0.3 is 15.0 Å². The van der Waals surface area contributed by atoms with Gasteiger partial charge in [0.1, 0.15) is 11.8 Å².